The molecule has 0 spiro atoms. The number of hydrogen-bond acceptors (Lipinski definition) is 3. The zero-order chi connectivity index (χ0) is 8.06. The minimum absolute atomic E-state index is 0.0799. The quantitative estimate of drug-likeness (QED) is 0.432. The molecule has 3 nitrogen and oxygen atoms in total. The van der Waals surface area contributed by atoms with Crippen LogP contribution >= 0.6 is 0 Å². The Bertz CT molecular complexity index is 188. The van der Waals surface area contributed by atoms with Crippen LogP contribution in [0.3, 0.4) is 0 Å². The summed E-state index contributed by atoms with van der Waals surface area (Å²) in [4.78, 5) is 0. The predicted molar refractivity (Wildman–Crippen MR) is 39.2 cm³/mol. The van der Waals surface area contributed by atoms with Gasteiger partial charge >= 0.3 is 0 Å². The van der Waals surface area contributed by atoms with Gasteiger partial charge in [-0.2, -0.15) is 0 Å². The van der Waals surface area contributed by atoms with Gasteiger partial charge in [-0.1, -0.05) is 6.08 Å². The average molecular weight is 156 g/mol. The van der Waals surface area contributed by atoms with E-state index in [2.05, 4.69) is 6.58 Å². The van der Waals surface area contributed by atoms with Crippen LogP contribution in [0.4, 0.5) is 0 Å². The summed E-state index contributed by atoms with van der Waals surface area (Å²) in [6, 6.07) is 0. The summed E-state index contributed by atoms with van der Waals surface area (Å²) in [5.41, 5.74) is -0.969. The first-order valence-corrected chi connectivity index (χ1v) is 3.81. The maximum absolute atomic E-state index is 9.89. The molecule has 0 saturated carbocycles. The minimum Gasteiger partial charge on any atom is -0.380 e. The number of hydrogen-bond donors (Lipinski definition) is 1. The monoisotopic (exact) mass is 156 g/mol. The normalized spacial score (nSPS) is 54.9. The van der Waals surface area contributed by atoms with Crippen molar-refractivity contribution in [2.75, 3.05) is 6.61 Å². The topological polar surface area (TPSA) is 42.0 Å². The van der Waals surface area contributed by atoms with Crippen molar-refractivity contribution in [2.45, 2.75) is 30.8 Å². The van der Waals surface area contributed by atoms with Crippen LogP contribution in [0.15, 0.2) is 12.7 Å². The molecular formula is C8H12O3. The molecule has 0 radical (unpaired) electrons. The van der Waals surface area contributed by atoms with Crippen LogP contribution in [0.5, 0.6) is 0 Å². The molecule has 2 aliphatic heterocycles. The highest BCUT2D eigenvalue weighted by Crippen LogP contribution is 2.40. The van der Waals surface area contributed by atoms with E-state index in [9.17, 15) is 5.11 Å². The van der Waals surface area contributed by atoms with Crippen molar-refractivity contribution in [3.05, 3.63) is 12.7 Å². The molecule has 0 bridgehead atoms. The van der Waals surface area contributed by atoms with Gasteiger partial charge in [0.05, 0.1) is 12.7 Å². The van der Waals surface area contributed by atoms with E-state index >= 15 is 0 Å². The first kappa shape index (κ1) is 7.28. The molecule has 0 aromatic heterocycles. The lowest BCUT2D eigenvalue weighted by Gasteiger charge is -2.32. The molecule has 0 aromatic rings. The minimum atomic E-state index is -0.969. The van der Waals surface area contributed by atoms with Crippen LogP contribution in [0.2, 0.25) is 0 Å². The number of rotatable bonds is 1. The van der Waals surface area contributed by atoms with Gasteiger partial charge in [0.15, 0.2) is 0 Å². The molecule has 0 amide bonds. The second-order valence-corrected chi connectivity index (χ2v) is 3.16. The van der Waals surface area contributed by atoms with Gasteiger partial charge in [0.25, 0.3) is 0 Å². The van der Waals surface area contributed by atoms with Gasteiger partial charge in [0.2, 0.25) is 0 Å². The Kier molecular flexibility index (Phi) is 1.36. The van der Waals surface area contributed by atoms with Crippen molar-refractivity contribution >= 4 is 0 Å². The Hall–Kier alpha value is -0.380. The first-order valence-electron chi connectivity index (χ1n) is 3.81. The highest BCUT2D eigenvalue weighted by molar-refractivity contribution is 5.16. The van der Waals surface area contributed by atoms with E-state index in [0.717, 1.165) is 0 Å². The third-order valence-corrected chi connectivity index (χ3v) is 2.53. The SMILES string of the molecule is C=C[C@@]1(O)[C@H](C)OC[C@@H]2O[C@@H]21. The van der Waals surface area contributed by atoms with Gasteiger partial charge < -0.3 is 14.6 Å². The van der Waals surface area contributed by atoms with Crippen molar-refractivity contribution in [3.63, 3.8) is 0 Å². The lowest BCUT2D eigenvalue weighted by Crippen LogP contribution is -2.50. The highest BCUT2D eigenvalue weighted by atomic mass is 16.6. The van der Waals surface area contributed by atoms with Crippen LogP contribution in [-0.4, -0.2) is 35.6 Å². The van der Waals surface area contributed by atoms with Crippen LogP contribution in [0, 0.1) is 0 Å². The van der Waals surface area contributed by atoms with E-state index < -0.39 is 5.60 Å². The molecule has 2 rings (SSSR count). The lowest BCUT2D eigenvalue weighted by molar-refractivity contribution is -0.0940. The first-order chi connectivity index (χ1) is 5.18. The lowest BCUT2D eigenvalue weighted by atomic mass is 9.90. The molecule has 4 atom stereocenters. The summed E-state index contributed by atoms with van der Waals surface area (Å²) in [5.74, 6) is 0. The van der Waals surface area contributed by atoms with E-state index in [1.165, 1.54) is 6.08 Å². The summed E-state index contributed by atoms with van der Waals surface area (Å²) in [5, 5.41) is 9.89. The Labute approximate surface area is 65.6 Å². The maximum atomic E-state index is 9.89. The van der Waals surface area contributed by atoms with Crippen LogP contribution in [-0.2, 0) is 9.47 Å². The Morgan fingerprint density at radius 3 is 3.00 bits per heavy atom. The summed E-state index contributed by atoms with van der Waals surface area (Å²) >= 11 is 0. The van der Waals surface area contributed by atoms with Gasteiger partial charge in [0, 0.05) is 0 Å². The van der Waals surface area contributed by atoms with E-state index in [1.807, 2.05) is 6.92 Å². The van der Waals surface area contributed by atoms with Gasteiger partial charge in [0.1, 0.15) is 17.8 Å². The molecule has 2 saturated heterocycles. The molecule has 2 heterocycles. The smallest absolute Gasteiger partial charge is 0.137 e. The zero-order valence-corrected chi connectivity index (χ0v) is 6.49. The highest BCUT2D eigenvalue weighted by Gasteiger charge is 2.59. The van der Waals surface area contributed by atoms with Crippen LogP contribution in [0.25, 0.3) is 0 Å². The zero-order valence-electron chi connectivity index (χ0n) is 6.49. The maximum Gasteiger partial charge on any atom is 0.137 e. The van der Waals surface area contributed by atoms with Crippen molar-refractivity contribution < 1.29 is 14.6 Å². The predicted octanol–water partition coefficient (Wildman–Crippen LogP) is 0.0896. The molecule has 0 unspecified atom stereocenters. The second-order valence-electron chi connectivity index (χ2n) is 3.16. The third kappa shape index (κ3) is 0.851. The summed E-state index contributed by atoms with van der Waals surface area (Å²) in [6.45, 7) is 6.01. The molecule has 0 aliphatic carbocycles. The van der Waals surface area contributed by atoms with Crippen molar-refractivity contribution in [3.8, 4) is 0 Å². The molecule has 0 aromatic carbocycles. The second kappa shape index (κ2) is 2.06. The molecule has 3 heteroatoms. The molecule has 2 aliphatic rings. The molecular weight excluding hydrogens is 144 g/mol. The van der Waals surface area contributed by atoms with Crippen LogP contribution in [0.1, 0.15) is 6.92 Å². The number of epoxide rings is 1. The number of fused-ring (bicyclic) bond motifs is 1. The Morgan fingerprint density at radius 1 is 1.73 bits per heavy atom. The molecule has 62 valence electrons. The standard InChI is InChI=1S/C8H12O3/c1-3-8(9)5(2)10-4-6-7(8)11-6/h3,5-7,9H,1,4H2,2H3/t5-,6-,7-,8+/m0/s1. The summed E-state index contributed by atoms with van der Waals surface area (Å²) in [7, 11) is 0. The fourth-order valence-electron chi connectivity index (χ4n) is 1.56. The largest absolute Gasteiger partial charge is 0.380 e. The fraction of sp³-hybridized carbons (Fsp3) is 0.750. The molecule has 1 N–H and O–H groups in total. The van der Waals surface area contributed by atoms with Gasteiger partial charge in [-0.25, -0.2) is 0 Å². The third-order valence-electron chi connectivity index (χ3n) is 2.53. The summed E-state index contributed by atoms with van der Waals surface area (Å²) < 4.78 is 10.5. The van der Waals surface area contributed by atoms with E-state index in [-0.39, 0.29) is 18.3 Å². The van der Waals surface area contributed by atoms with E-state index in [4.69, 9.17) is 9.47 Å². The summed E-state index contributed by atoms with van der Waals surface area (Å²) in [6.07, 6.45) is 1.32. The van der Waals surface area contributed by atoms with Crippen molar-refractivity contribution in [2.24, 2.45) is 0 Å². The van der Waals surface area contributed by atoms with Gasteiger partial charge in [-0.3, -0.25) is 0 Å². The molecule has 11 heavy (non-hydrogen) atoms. The number of aliphatic hydroxyl groups is 1. The Morgan fingerprint density at radius 2 is 2.45 bits per heavy atom. The average Bonchev–Trinajstić information content (AvgIpc) is 2.77. The van der Waals surface area contributed by atoms with Gasteiger partial charge in [-0.15, -0.1) is 6.58 Å². The molecule has 2 fully saturated rings. The van der Waals surface area contributed by atoms with E-state index in [0.29, 0.717) is 6.61 Å². The van der Waals surface area contributed by atoms with Crippen LogP contribution < -0.4 is 0 Å². The fourth-order valence-corrected chi connectivity index (χ4v) is 1.56. The van der Waals surface area contributed by atoms with Crippen molar-refractivity contribution in [1.82, 2.24) is 0 Å². The van der Waals surface area contributed by atoms with Crippen molar-refractivity contribution in [1.29, 1.82) is 0 Å². The van der Waals surface area contributed by atoms with Gasteiger partial charge in [-0.05, 0) is 6.92 Å². The number of ether oxygens (including phenoxy) is 2. The Balaban J connectivity index is 2.21. The van der Waals surface area contributed by atoms with E-state index in [1.54, 1.807) is 0 Å².